The van der Waals surface area contributed by atoms with E-state index in [9.17, 15) is 4.79 Å². The minimum Gasteiger partial charge on any atom is -0.493 e. The van der Waals surface area contributed by atoms with Gasteiger partial charge in [0.2, 0.25) is 5.91 Å². The molecule has 0 fully saturated rings. The molecule has 2 N–H and O–H groups in total. The van der Waals surface area contributed by atoms with Crippen LogP contribution in [0.2, 0.25) is 0 Å². The standard InChI is InChI=1S/C17H27NO3/c1-14-11-15(2)13-16(12-14)21-10-7-17(20)18-8-5-3-4-6-9-19/h11-13,19H,3-10H2,1-2H3,(H,18,20). The van der Waals surface area contributed by atoms with Gasteiger partial charge in [-0.05, 0) is 49.9 Å². The molecule has 1 rings (SSSR count). The van der Waals surface area contributed by atoms with Gasteiger partial charge in [-0.1, -0.05) is 18.9 Å². The maximum absolute atomic E-state index is 11.6. The lowest BCUT2D eigenvalue weighted by atomic mass is 10.1. The van der Waals surface area contributed by atoms with Gasteiger partial charge in [-0.2, -0.15) is 0 Å². The summed E-state index contributed by atoms with van der Waals surface area (Å²) in [4.78, 5) is 11.6. The second kappa shape index (κ2) is 10.2. The summed E-state index contributed by atoms with van der Waals surface area (Å²) in [6, 6.07) is 6.05. The first kappa shape index (κ1) is 17.5. The molecular weight excluding hydrogens is 266 g/mol. The summed E-state index contributed by atoms with van der Waals surface area (Å²) in [5.41, 5.74) is 2.33. The maximum Gasteiger partial charge on any atom is 0.223 e. The highest BCUT2D eigenvalue weighted by molar-refractivity contribution is 5.75. The van der Waals surface area contributed by atoms with Crippen LogP contribution in [0.1, 0.15) is 43.2 Å². The first-order chi connectivity index (χ1) is 10.1. The Morgan fingerprint density at radius 3 is 2.43 bits per heavy atom. The molecule has 0 atom stereocenters. The predicted octanol–water partition coefficient (Wildman–Crippen LogP) is 2.74. The zero-order valence-corrected chi connectivity index (χ0v) is 13.2. The molecule has 0 saturated heterocycles. The number of unbranched alkanes of at least 4 members (excludes halogenated alkanes) is 3. The van der Waals surface area contributed by atoms with Crippen LogP contribution in [0.3, 0.4) is 0 Å². The van der Waals surface area contributed by atoms with Crippen LogP contribution in [0.5, 0.6) is 5.75 Å². The van der Waals surface area contributed by atoms with Crippen molar-refractivity contribution in [2.24, 2.45) is 0 Å². The molecule has 0 heterocycles. The number of carbonyl (C=O) groups is 1. The molecule has 0 aliphatic rings. The average Bonchev–Trinajstić information content (AvgIpc) is 2.41. The van der Waals surface area contributed by atoms with Crippen molar-refractivity contribution >= 4 is 5.91 Å². The van der Waals surface area contributed by atoms with Crippen LogP contribution in [0.15, 0.2) is 18.2 Å². The van der Waals surface area contributed by atoms with Crippen LogP contribution < -0.4 is 10.1 Å². The molecular formula is C17H27NO3. The Kier molecular flexibility index (Phi) is 8.51. The van der Waals surface area contributed by atoms with Crippen molar-refractivity contribution in [3.63, 3.8) is 0 Å². The second-order valence-corrected chi connectivity index (χ2v) is 5.41. The Bertz CT molecular complexity index is 412. The van der Waals surface area contributed by atoms with E-state index in [-0.39, 0.29) is 12.5 Å². The van der Waals surface area contributed by atoms with Gasteiger partial charge >= 0.3 is 0 Å². The normalized spacial score (nSPS) is 10.4. The van der Waals surface area contributed by atoms with Crippen molar-refractivity contribution in [3.05, 3.63) is 29.3 Å². The Balaban J connectivity index is 2.10. The largest absolute Gasteiger partial charge is 0.493 e. The van der Waals surface area contributed by atoms with E-state index in [0.717, 1.165) is 42.6 Å². The number of carbonyl (C=O) groups excluding carboxylic acids is 1. The van der Waals surface area contributed by atoms with Crippen LogP contribution in [0, 0.1) is 13.8 Å². The number of hydrogen-bond acceptors (Lipinski definition) is 3. The molecule has 0 aromatic heterocycles. The number of benzene rings is 1. The first-order valence-corrected chi connectivity index (χ1v) is 7.70. The Labute approximate surface area is 127 Å². The fraction of sp³-hybridized carbons (Fsp3) is 0.588. The first-order valence-electron chi connectivity index (χ1n) is 7.70. The van der Waals surface area contributed by atoms with Crippen molar-refractivity contribution < 1.29 is 14.6 Å². The smallest absolute Gasteiger partial charge is 0.223 e. The third kappa shape index (κ3) is 8.35. The number of aliphatic hydroxyl groups excluding tert-OH is 1. The van der Waals surface area contributed by atoms with Gasteiger partial charge in [-0.15, -0.1) is 0 Å². The van der Waals surface area contributed by atoms with Gasteiger partial charge in [0, 0.05) is 13.2 Å². The van der Waals surface area contributed by atoms with Crippen molar-refractivity contribution in [2.75, 3.05) is 19.8 Å². The molecule has 0 unspecified atom stereocenters. The monoisotopic (exact) mass is 293 g/mol. The fourth-order valence-electron chi connectivity index (χ4n) is 2.18. The van der Waals surface area contributed by atoms with E-state index in [4.69, 9.17) is 9.84 Å². The van der Waals surface area contributed by atoms with Gasteiger partial charge in [0.25, 0.3) is 0 Å². The van der Waals surface area contributed by atoms with Crippen molar-refractivity contribution in [1.29, 1.82) is 0 Å². The van der Waals surface area contributed by atoms with E-state index in [1.165, 1.54) is 0 Å². The molecule has 1 aromatic rings. The molecule has 21 heavy (non-hydrogen) atoms. The fourth-order valence-corrected chi connectivity index (χ4v) is 2.18. The van der Waals surface area contributed by atoms with Gasteiger partial charge < -0.3 is 15.2 Å². The molecule has 1 aromatic carbocycles. The number of aryl methyl sites for hydroxylation is 2. The summed E-state index contributed by atoms with van der Waals surface area (Å²) < 4.78 is 5.61. The summed E-state index contributed by atoms with van der Waals surface area (Å²) >= 11 is 0. The molecule has 118 valence electrons. The van der Waals surface area contributed by atoms with Gasteiger partial charge in [-0.3, -0.25) is 4.79 Å². The molecule has 1 amide bonds. The van der Waals surface area contributed by atoms with Crippen LogP contribution in [-0.4, -0.2) is 30.8 Å². The summed E-state index contributed by atoms with van der Waals surface area (Å²) in [7, 11) is 0. The number of nitrogens with one attached hydrogen (secondary N) is 1. The quantitative estimate of drug-likeness (QED) is 0.652. The van der Waals surface area contributed by atoms with Crippen molar-refractivity contribution in [3.8, 4) is 5.75 Å². The van der Waals surface area contributed by atoms with Gasteiger partial charge in [0.15, 0.2) is 0 Å². The topological polar surface area (TPSA) is 58.6 Å². The third-order valence-corrected chi connectivity index (χ3v) is 3.20. The zero-order chi connectivity index (χ0) is 15.5. The van der Waals surface area contributed by atoms with Crippen LogP contribution >= 0.6 is 0 Å². The lowest BCUT2D eigenvalue weighted by Gasteiger charge is -2.09. The highest BCUT2D eigenvalue weighted by Gasteiger charge is 2.02. The summed E-state index contributed by atoms with van der Waals surface area (Å²) in [5.74, 6) is 0.853. The maximum atomic E-state index is 11.6. The highest BCUT2D eigenvalue weighted by atomic mass is 16.5. The van der Waals surface area contributed by atoms with E-state index in [0.29, 0.717) is 19.6 Å². The number of rotatable bonds is 10. The summed E-state index contributed by atoms with van der Waals surface area (Å²) in [5, 5.41) is 11.5. The van der Waals surface area contributed by atoms with Crippen LogP contribution in [0.25, 0.3) is 0 Å². The van der Waals surface area contributed by atoms with E-state index in [2.05, 4.69) is 11.4 Å². The third-order valence-electron chi connectivity index (χ3n) is 3.20. The molecule has 0 spiro atoms. The molecule has 0 aliphatic heterocycles. The van der Waals surface area contributed by atoms with E-state index in [1.54, 1.807) is 0 Å². The van der Waals surface area contributed by atoms with Crippen molar-refractivity contribution in [1.82, 2.24) is 5.32 Å². The average molecular weight is 293 g/mol. The molecule has 0 saturated carbocycles. The highest BCUT2D eigenvalue weighted by Crippen LogP contribution is 2.16. The lowest BCUT2D eigenvalue weighted by molar-refractivity contribution is -0.121. The minimum absolute atomic E-state index is 0.0292. The van der Waals surface area contributed by atoms with Crippen molar-refractivity contribution in [2.45, 2.75) is 46.0 Å². The summed E-state index contributed by atoms with van der Waals surface area (Å²) in [6.45, 7) is 5.42. The minimum atomic E-state index is 0.0292. The van der Waals surface area contributed by atoms with Crippen LogP contribution in [0.4, 0.5) is 0 Å². The molecule has 0 aliphatic carbocycles. The van der Waals surface area contributed by atoms with Crippen LogP contribution in [-0.2, 0) is 4.79 Å². The molecule has 0 bridgehead atoms. The molecule has 4 heteroatoms. The number of aliphatic hydroxyl groups is 1. The van der Waals surface area contributed by atoms with E-state index in [1.807, 2.05) is 26.0 Å². The van der Waals surface area contributed by atoms with E-state index < -0.39 is 0 Å². The molecule has 4 nitrogen and oxygen atoms in total. The van der Waals surface area contributed by atoms with Gasteiger partial charge in [-0.25, -0.2) is 0 Å². The molecule has 0 radical (unpaired) electrons. The van der Waals surface area contributed by atoms with Gasteiger partial charge in [0.05, 0.1) is 13.0 Å². The number of ether oxygens (including phenoxy) is 1. The SMILES string of the molecule is Cc1cc(C)cc(OCCC(=O)NCCCCCCO)c1. The Hall–Kier alpha value is -1.55. The Morgan fingerprint density at radius 1 is 1.10 bits per heavy atom. The predicted molar refractivity (Wildman–Crippen MR) is 84.6 cm³/mol. The second-order valence-electron chi connectivity index (χ2n) is 5.41. The summed E-state index contributed by atoms with van der Waals surface area (Å²) in [6.07, 6.45) is 4.24. The zero-order valence-electron chi connectivity index (χ0n) is 13.2. The number of amides is 1. The Morgan fingerprint density at radius 2 is 1.76 bits per heavy atom. The van der Waals surface area contributed by atoms with Gasteiger partial charge in [0.1, 0.15) is 5.75 Å². The van der Waals surface area contributed by atoms with E-state index >= 15 is 0 Å². The lowest BCUT2D eigenvalue weighted by Crippen LogP contribution is -2.25. The number of hydrogen-bond donors (Lipinski definition) is 2.